The Morgan fingerprint density at radius 3 is 2.69 bits per heavy atom. The molecule has 1 aromatic heterocycles. The zero-order chi connectivity index (χ0) is 24.4. The number of benzene rings is 2. The molecule has 3 aliphatic rings. The number of hydrogen-bond donors (Lipinski definition) is 1. The van der Waals surface area contributed by atoms with Gasteiger partial charge in [0.25, 0.3) is 5.91 Å². The standard InChI is InChI=1S/C29H37N5O2/c35-28(24-10-11-25-26(19-24)31-32-30-25)34-15-13-29(14-16-34)12-4-3-6-23-5-1-2-7-27(23)36-18-17-33(21-29)20-22-8-9-22/h1-2,5,7,10-11,19,22H,3-4,6,8-9,12-18,20-21H2,(H,30,31,32). The number of amides is 1. The van der Waals surface area contributed by atoms with Gasteiger partial charge in [0.2, 0.25) is 0 Å². The highest BCUT2D eigenvalue weighted by atomic mass is 16.5. The Morgan fingerprint density at radius 2 is 1.83 bits per heavy atom. The number of H-pyrrole nitrogens is 1. The number of likely N-dealkylation sites (tertiary alicyclic amines) is 1. The lowest BCUT2D eigenvalue weighted by Crippen LogP contribution is -2.49. The van der Waals surface area contributed by atoms with Gasteiger partial charge < -0.3 is 9.64 Å². The summed E-state index contributed by atoms with van der Waals surface area (Å²) < 4.78 is 6.28. The van der Waals surface area contributed by atoms with Crippen LogP contribution in [0, 0.1) is 11.3 Å². The molecule has 1 spiro atoms. The van der Waals surface area contributed by atoms with Gasteiger partial charge in [0, 0.05) is 38.3 Å². The summed E-state index contributed by atoms with van der Waals surface area (Å²) in [6, 6.07) is 14.2. The molecule has 1 aliphatic carbocycles. The number of para-hydroxylation sites is 1. The molecule has 1 saturated carbocycles. The Bertz CT molecular complexity index is 1200. The maximum absolute atomic E-state index is 13.3. The number of hydrogen-bond acceptors (Lipinski definition) is 5. The molecule has 2 aliphatic heterocycles. The maximum Gasteiger partial charge on any atom is 0.253 e. The molecule has 7 heteroatoms. The van der Waals surface area contributed by atoms with Crippen molar-refractivity contribution in [2.75, 3.05) is 39.3 Å². The van der Waals surface area contributed by atoms with E-state index in [-0.39, 0.29) is 11.3 Å². The highest BCUT2D eigenvalue weighted by Gasteiger charge is 2.38. The van der Waals surface area contributed by atoms with E-state index in [0.717, 1.165) is 74.7 Å². The van der Waals surface area contributed by atoms with E-state index in [9.17, 15) is 4.79 Å². The summed E-state index contributed by atoms with van der Waals surface area (Å²) in [7, 11) is 0. The van der Waals surface area contributed by atoms with E-state index in [1.54, 1.807) is 0 Å². The van der Waals surface area contributed by atoms with Crippen molar-refractivity contribution in [2.24, 2.45) is 11.3 Å². The Balaban J connectivity index is 1.15. The van der Waals surface area contributed by atoms with Crippen LogP contribution in [0.3, 0.4) is 0 Å². The van der Waals surface area contributed by atoms with Gasteiger partial charge in [-0.1, -0.05) is 24.6 Å². The second-order valence-electron chi connectivity index (χ2n) is 11.2. The molecular weight excluding hydrogens is 450 g/mol. The van der Waals surface area contributed by atoms with Crippen molar-refractivity contribution in [1.29, 1.82) is 0 Å². The summed E-state index contributed by atoms with van der Waals surface area (Å²) in [5.74, 6) is 2.04. The van der Waals surface area contributed by atoms with E-state index in [1.807, 2.05) is 23.1 Å². The van der Waals surface area contributed by atoms with E-state index < -0.39 is 0 Å². The van der Waals surface area contributed by atoms with Crippen LogP contribution in [-0.4, -0.2) is 70.4 Å². The number of nitrogens with one attached hydrogen (secondary N) is 1. The molecule has 1 N–H and O–H groups in total. The first-order valence-electron chi connectivity index (χ1n) is 13.7. The Hall–Kier alpha value is -2.93. The smallest absolute Gasteiger partial charge is 0.253 e. The number of aromatic amines is 1. The zero-order valence-electron chi connectivity index (χ0n) is 21.1. The lowest BCUT2D eigenvalue weighted by atomic mass is 9.73. The van der Waals surface area contributed by atoms with Crippen molar-refractivity contribution in [1.82, 2.24) is 25.2 Å². The maximum atomic E-state index is 13.3. The first-order chi connectivity index (χ1) is 17.7. The average Bonchev–Trinajstić information content (AvgIpc) is 3.59. The van der Waals surface area contributed by atoms with Crippen LogP contribution in [0.25, 0.3) is 11.0 Å². The van der Waals surface area contributed by atoms with Crippen LogP contribution in [0.1, 0.15) is 60.9 Å². The minimum atomic E-state index is 0.114. The number of fused-ring (bicyclic) bond motifs is 2. The monoisotopic (exact) mass is 487 g/mol. The van der Waals surface area contributed by atoms with Crippen molar-refractivity contribution in [3.05, 3.63) is 53.6 Å². The van der Waals surface area contributed by atoms with Crippen LogP contribution in [0.15, 0.2) is 42.5 Å². The van der Waals surface area contributed by atoms with Crippen LogP contribution in [0.2, 0.25) is 0 Å². The number of carbonyl (C=O) groups is 1. The van der Waals surface area contributed by atoms with E-state index in [2.05, 4.69) is 44.6 Å². The highest BCUT2D eigenvalue weighted by Crippen LogP contribution is 2.40. The molecular formula is C29H37N5O2. The number of carbonyl (C=O) groups excluding carboxylic acids is 1. The number of aromatic nitrogens is 3. The van der Waals surface area contributed by atoms with Crippen molar-refractivity contribution in [3.63, 3.8) is 0 Å². The fraction of sp³-hybridized carbons (Fsp3) is 0.552. The molecule has 1 amide bonds. The van der Waals surface area contributed by atoms with Crippen LogP contribution >= 0.6 is 0 Å². The molecule has 2 fully saturated rings. The van der Waals surface area contributed by atoms with E-state index in [0.29, 0.717) is 5.56 Å². The predicted octanol–water partition coefficient (Wildman–Crippen LogP) is 4.70. The Morgan fingerprint density at radius 1 is 1.00 bits per heavy atom. The normalized spacial score (nSPS) is 21.4. The van der Waals surface area contributed by atoms with E-state index in [4.69, 9.17) is 4.74 Å². The van der Waals surface area contributed by atoms with Crippen LogP contribution < -0.4 is 4.74 Å². The third kappa shape index (κ3) is 5.26. The molecule has 1 saturated heterocycles. The minimum Gasteiger partial charge on any atom is -0.492 e. The zero-order valence-corrected chi connectivity index (χ0v) is 21.1. The number of ether oxygens (including phenoxy) is 1. The second-order valence-corrected chi connectivity index (χ2v) is 11.2. The summed E-state index contributed by atoms with van der Waals surface area (Å²) in [4.78, 5) is 18.0. The lowest BCUT2D eigenvalue weighted by Gasteiger charge is -2.45. The van der Waals surface area contributed by atoms with Crippen LogP contribution in [0.4, 0.5) is 0 Å². The SMILES string of the molecule is O=C(c1ccc2n[nH]nc2c1)N1CCC2(CCCCc3ccccc3OCCN(CC3CC3)C2)CC1. The quantitative estimate of drug-likeness (QED) is 0.580. The number of rotatable bonds is 3. The average molecular weight is 488 g/mol. The van der Waals surface area contributed by atoms with Crippen molar-refractivity contribution >= 4 is 16.9 Å². The molecule has 0 atom stereocenters. The fourth-order valence-corrected chi connectivity index (χ4v) is 6.15. The topological polar surface area (TPSA) is 74.3 Å². The molecule has 0 bridgehead atoms. The third-order valence-corrected chi connectivity index (χ3v) is 8.49. The molecule has 3 aromatic rings. The Labute approximate surface area is 213 Å². The van der Waals surface area contributed by atoms with Gasteiger partial charge in [-0.3, -0.25) is 9.69 Å². The van der Waals surface area contributed by atoms with Gasteiger partial charge in [-0.25, -0.2) is 0 Å². The second kappa shape index (κ2) is 10.2. The minimum absolute atomic E-state index is 0.114. The first kappa shape index (κ1) is 23.5. The van der Waals surface area contributed by atoms with Gasteiger partial charge in [-0.15, -0.1) is 0 Å². The largest absolute Gasteiger partial charge is 0.492 e. The number of piperidine rings is 1. The molecule has 0 radical (unpaired) electrons. The van der Waals surface area contributed by atoms with E-state index >= 15 is 0 Å². The van der Waals surface area contributed by atoms with Crippen LogP contribution in [-0.2, 0) is 6.42 Å². The molecule has 6 rings (SSSR count). The summed E-state index contributed by atoms with van der Waals surface area (Å²) in [6.45, 7) is 5.69. The Kier molecular flexibility index (Phi) is 6.65. The predicted molar refractivity (Wildman–Crippen MR) is 140 cm³/mol. The summed E-state index contributed by atoms with van der Waals surface area (Å²) in [5.41, 5.74) is 3.86. The summed E-state index contributed by atoms with van der Waals surface area (Å²) in [5, 5.41) is 10.9. The number of aryl methyl sites for hydroxylation is 1. The molecule has 2 aromatic carbocycles. The van der Waals surface area contributed by atoms with Gasteiger partial charge in [-0.2, -0.15) is 15.4 Å². The molecule has 36 heavy (non-hydrogen) atoms. The molecule has 7 nitrogen and oxygen atoms in total. The first-order valence-corrected chi connectivity index (χ1v) is 13.7. The lowest BCUT2D eigenvalue weighted by molar-refractivity contribution is 0.0368. The fourth-order valence-electron chi connectivity index (χ4n) is 6.15. The van der Waals surface area contributed by atoms with Gasteiger partial charge >= 0.3 is 0 Å². The van der Waals surface area contributed by atoms with Crippen molar-refractivity contribution < 1.29 is 9.53 Å². The highest BCUT2D eigenvalue weighted by molar-refractivity contribution is 5.97. The summed E-state index contributed by atoms with van der Waals surface area (Å²) >= 11 is 0. The third-order valence-electron chi connectivity index (χ3n) is 8.49. The van der Waals surface area contributed by atoms with Crippen LogP contribution in [0.5, 0.6) is 5.75 Å². The van der Waals surface area contributed by atoms with Crippen molar-refractivity contribution in [2.45, 2.75) is 51.4 Å². The van der Waals surface area contributed by atoms with Gasteiger partial charge in [0.05, 0.1) is 0 Å². The molecule has 0 unspecified atom stereocenters. The number of nitrogens with zero attached hydrogens (tertiary/aromatic N) is 4. The van der Waals surface area contributed by atoms with E-state index in [1.165, 1.54) is 44.2 Å². The van der Waals surface area contributed by atoms with Gasteiger partial charge in [0.15, 0.2) is 0 Å². The van der Waals surface area contributed by atoms with Gasteiger partial charge in [-0.05, 0) is 86.1 Å². The summed E-state index contributed by atoms with van der Waals surface area (Å²) in [6.07, 6.45) is 9.61. The molecule has 3 heterocycles. The van der Waals surface area contributed by atoms with Crippen molar-refractivity contribution in [3.8, 4) is 5.75 Å². The molecule has 190 valence electrons. The van der Waals surface area contributed by atoms with Gasteiger partial charge in [0.1, 0.15) is 23.4 Å².